The molecule has 2 N–H and O–H groups in total. The number of nitro groups is 2. The van der Waals surface area contributed by atoms with E-state index in [1.54, 1.807) is 24.3 Å². The second-order valence-corrected chi connectivity index (χ2v) is 9.62. The lowest BCUT2D eigenvalue weighted by Crippen LogP contribution is -2.40. The number of allylic oxidation sites excluding steroid dienone is 1. The second-order valence-electron chi connectivity index (χ2n) is 9.62. The van der Waals surface area contributed by atoms with Gasteiger partial charge in [0.05, 0.1) is 33.6 Å². The number of nitrogens with zero attached hydrogens (tertiary/aromatic N) is 2. The second kappa shape index (κ2) is 15.7. The average Bonchev–Trinajstić information content (AvgIpc) is 2.98. The standard InChI is InChI=1S/C31H34N4O6/c1-2-3-4-5-6-7-14-19-28(36)32-29(23-15-10-8-11-16-23)30(24-17-12-9-13-18-24)33-31(37)25-20-26(34(38)39)22-27(21-25)35(40)41/h8-22,29-30H,2-7H2,1H3,(H,32,36)(H,33,37)/b19-14+/t29-,30+/m0/s1. The maximum absolute atomic E-state index is 13.4. The van der Waals surface area contributed by atoms with E-state index in [-0.39, 0.29) is 11.5 Å². The van der Waals surface area contributed by atoms with Crippen LogP contribution >= 0.6 is 0 Å². The molecule has 41 heavy (non-hydrogen) atoms. The molecule has 0 aromatic heterocycles. The van der Waals surface area contributed by atoms with Gasteiger partial charge in [0, 0.05) is 12.1 Å². The predicted molar refractivity (Wildman–Crippen MR) is 156 cm³/mol. The van der Waals surface area contributed by atoms with Crippen molar-refractivity contribution >= 4 is 23.2 Å². The van der Waals surface area contributed by atoms with E-state index in [1.807, 2.05) is 42.5 Å². The highest BCUT2D eigenvalue weighted by Crippen LogP contribution is 2.30. The topological polar surface area (TPSA) is 144 Å². The van der Waals surface area contributed by atoms with Crippen LogP contribution in [0.2, 0.25) is 0 Å². The quantitative estimate of drug-likeness (QED) is 0.0914. The Hall–Kier alpha value is -4.86. The van der Waals surface area contributed by atoms with Crippen molar-refractivity contribution in [3.05, 3.63) is 128 Å². The Kier molecular flexibility index (Phi) is 11.7. The molecule has 0 aliphatic carbocycles. The first-order valence-electron chi connectivity index (χ1n) is 13.6. The molecule has 3 aromatic carbocycles. The van der Waals surface area contributed by atoms with Crippen LogP contribution < -0.4 is 10.6 Å². The van der Waals surface area contributed by atoms with Crippen LogP contribution in [-0.4, -0.2) is 21.7 Å². The Labute approximate surface area is 238 Å². The molecular formula is C31H34N4O6. The molecule has 0 heterocycles. The van der Waals surface area contributed by atoms with Gasteiger partial charge in [-0.3, -0.25) is 29.8 Å². The number of nitro benzene ring substituents is 2. The molecule has 3 rings (SSSR count). The number of carbonyl (C=O) groups excluding carboxylic acids is 2. The molecule has 0 aliphatic heterocycles. The first-order chi connectivity index (χ1) is 19.8. The summed E-state index contributed by atoms with van der Waals surface area (Å²) >= 11 is 0. The monoisotopic (exact) mass is 558 g/mol. The van der Waals surface area contributed by atoms with Crippen molar-refractivity contribution in [3.63, 3.8) is 0 Å². The Balaban J connectivity index is 1.92. The number of hydrogen-bond donors (Lipinski definition) is 2. The first-order valence-corrected chi connectivity index (χ1v) is 13.6. The molecule has 0 saturated heterocycles. The van der Waals surface area contributed by atoms with Gasteiger partial charge >= 0.3 is 0 Å². The van der Waals surface area contributed by atoms with Gasteiger partial charge in [0.2, 0.25) is 5.91 Å². The summed E-state index contributed by atoms with van der Waals surface area (Å²) in [4.78, 5) is 47.6. The Morgan fingerprint density at radius 2 is 1.27 bits per heavy atom. The third-order valence-electron chi connectivity index (χ3n) is 6.57. The number of hydrogen-bond acceptors (Lipinski definition) is 6. The molecule has 2 amide bonds. The van der Waals surface area contributed by atoms with Crippen LogP contribution in [0.3, 0.4) is 0 Å². The largest absolute Gasteiger partial charge is 0.343 e. The molecule has 0 aliphatic rings. The summed E-state index contributed by atoms with van der Waals surface area (Å²) in [6, 6.07) is 19.3. The van der Waals surface area contributed by atoms with E-state index in [0.717, 1.165) is 43.9 Å². The Morgan fingerprint density at radius 1 is 0.756 bits per heavy atom. The van der Waals surface area contributed by atoms with Crippen molar-refractivity contribution in [2.75, 3.05) is 0 Å². The van der Waals surface area contributed by atoms with Gasteiger partial charge in [-0.2, -0.15) is 0 Å². The molecule has 0 bridgehead atoms. The molecule has 10 nitrogen and oxygen atoms in total. The maximum Gasteiger partial charge on any atom is 0.277 e. The van der Waals surface area contributed by atoms with Gasteiger partial charge < -0.3 is 10.6 Å². The average molecular weight is 559 g/mol. The number of amides is 2. The zero-order valence-electron chi connectivity index (χ0n) is 22.9. The van der Waals surface area contributed by atoms with Crippen LogP contribution in [0.25, 0.3) is 0 Å². The van der Waals surface area contributed by atoms with Crippen LogP contribution in [0.4, 0.5) is 11.4 Å². The molecule has 3 aromatic rings. The van der Waals surface area contributed by atoms with E-state index in [9.17, 15) is 29.8 Å². The summed E-state index contributed by atoms with van der Waals surface area (Å²) in [5, 5.41) is 28.6. The number of nitrogens with one attached hydrogen (secondary N) is 2. The van der Waals surface area contributed by atoms with Crippen LogP contribution in [0.1, 0.15) is 79.0 Å². The molecule has 0 fully saturated rings. The third-order valence-corrected chi connectivity index (χ3v) is 6.57. The number of carbonyl (C=O) groups is 2. The summed E-state index contributed by atoms with van der Waals surface area (Å²) in [6.07, 6.45) is 9.71. The molecule has 10 heteroatoms. The van der Waals surface area contributed by atoms with Gasteiger partial charge in [-0.25, -0.2) is 0 Å². The smallest absolute Gasteiger partial charge is 0.277 e. The molecule has 0 unspecified atom stereocenters. The SMILES string of the molecule is CCCCCCC/C=C/C(=O)N[C@@H](c1ccccc1)[C@H](NC(=O)c1cc([N+](=O)[O-])cc([N+](=O)[O-])c1)c1ccccc1. The van der Waals surface area contributed by atoms with Gasteiger partial charge in [0.15, 0.2) is 0 Å². The maximum atomic E-state index is 13.4. The van der Waals surface area contributed by atoms with Crippen molar-refractivity contribution in [1.29, 1.82) is 0 Å². The van der Waals surface area contributed by atoms with Crippen LogP contribution in [0, 0.1) is 20.2 Å². The van der Waals surface area contributed by atoms with E-state index >= 15 is 0 Å². The zero-order valence-corrected chi connectivity index (χ0v) is 22.9. The summed E-state index contributed by atoms with van der Waals surface area (Å²) in [5.74, 6) is -1.10. The zero-order chi connectivity index (χ0) is 29.6. The lowest BCUT2D eigenvalue weighted by Gasteiger charge is -2.29. The highest BCUT2D eigenvalue weighted by Gasteiger charge is 2.29. The van der Waals surface area contributed by atoms with Crippen molar-refractivity contribution in [1.82, 2.24) is 10.6 Å². The number of unbranched alkanes of at least 4 members (excludes halogenated alkanes) is 5. The van der Waals surface area contributed by atoms with Crippen molar-refractivity contribution < 1.29 is 19.4 Å². The van der Waals surface area contributed by atoms with Crippen LogP contribution in [0.15, 0.2) is 91.0 Å². The van der Waals surface area contributed by atoms with E-state index in [4.69, 9.17) is 0 Å². The summed E-state index contributed by atoms with van der Waals surface area (Å²) in [6.45, 7) is 2.16. The highest BCUT2D eigenvalue weighted by atomic mass is 16.6. The van der Waals surface area contributed by atoms with E-state index in [1.165, 1.54) is 18.9 Å². The molecule has 214 valence electrons. The van der Waals surface area contributed by atoms with Crippen molar-refractivity contribution in [3.8, 4) is 0 Å². The third kappa shape index (κ3) is 9.38. The van der Waals surface area contributed by atoms with Gasteiger partial charge in [-0.05, 0) is 30.0 Å². The number of rotatable bonds is 15. The number of benzene rings is 3. The number of non-ortho nitro benzene ring substituents is 2. The fourth-order valence-corrected chi connectivity index (χ4v) is 4.46. The first kappa shape index (κ1) is 30.7. The molecule has 0 saturated carbocycles. The highest BCUT2D eigenvalue weighted by molar-refractivity contribution is 5.96. The van der Waals surface area contributed by atoms with Gasteiger partial charge in [-0.1, -0.05) is 99.3 Å². The Morgan fingerprint density at radius 3 is 1.78 bits per heavy atom. The van der Waals surface area contributed by atoms with Gasteiger partial charge in [0.1, 0.15) is 0 Å². The van der Waals surface area contributed by atoms with Crippen LogP contribution in [0.5, 0.6) is 0 Å². The summed E-state index contributed by atoms with van der Waals surface area (Å²) < 4.78 is 0. The molecule has 0 radical (unpaired) electrons. The minimum Gasteiger partial charge on any atom is -0.343 e. The summed E-state index contributed by atoms with van der Waals surface area (Å²) in [5.41, 5.74) is -0.0162. The van der Waals surface area contributed by atoms with Gasteiger partial charge in [-0.15, -0.1) is 0 Å². The lowest BCUT2D eigenvalue weighted by atomic mass is 9.92. The van der Waals surface area contributed by atoms with Crippen molar-refractivity contribution in [2.24, 2.45) is 0 Å². The summed E-state index contributed by atoms with van der Waals surface area (Å²) in [7, 11) is 0. The minimum atomic E-state index is -0.809. The molecule has 0 spiro atoms. The minimum absolute atomic E-state index is 0.243. The van der Waals surface area contributed by atoms with E-state index in [0.29, 0.717) is 11.1 Å². The fourth-order valence-electron chi connectivity index (χ4n) is 4.46. The van der Waals surface area contributed by atoms with E-state index in [2.05, 4.69) is 17.6 Å². The van der Waals surface area contributed by atoms with Gasteiger partial charge in [0.25, 0.3) is 17.3 Å². The molecule has 2 atom stereocenters. The predicted octanol–water partition coefficient (Wildman–Crippen LogP) is 6.75. The van der Waals surface area contributed by atoms with Crippen molar-refractivity contribution in [2.45, 2.75) is 57.5 Å². The van der Waals surface area contributed by atoms with E-state index < -0.39 is 39.2 Å². The van der Waals surface area contributed by atoms with Crippen LogP contribution in [-0.2, 0) is 4.79 Å². The Bertz CT molecular complexity index is 1330. The fraction of sp³-hybridized carbons (Fsp3) is 0.290. The molecular weight excluding hydrogens is 524 g/mol. The normalized spacial score (nSPS) is 12.4. The lowest BCUT2D eigenvalue weighted by molar-refractivity contribution is -0.394.